The van der Waals surface area contributed by atoms with E-state index in [1.807, 2.05) is 29.2 Å². The number of nitrogens with zero attached hydrogens (tertiary/aromatic N) is 2. The van der Waals surface area contributed by atoms with E-state index in [-0.39, 0.29) is 30.9 Å². The molecule has 142 valence electrons. The Labute approximate surface area is 158 Å². The van der Waals surface area contributed by atoms with E-state index >= 15 is 0 Å². The summed E-state index contributed by atoms with van der Waals surface area (Å²) in [5, 5.41) is 6.49. The van der Waals surface area contributed by atoms with Gasteiger partial charge in [-0.15, -0.1) is 0 Å². The van der Waals surface area contributed by atoms with Crippen LogP contribution in [-0.2, 0) is 14.3 Å². The van der Waals surface area contributed by atoms with E-state index in [0.717, 1.165) is 18.7 Å². The zero-order valence-electron chi connectivity index (χ0n) is 14.7. The van der Waals surface area contributed by atoms with Gasteiger partial charge in [-0.2, -0.15) is 0 Å². The second-order valence-electron chi connectivity index (χ2n) is 6.58. The van der Waals surface area contributed by atoms with Crippen LogP contribution in [0, 0.1) is 0 Å². The normalized spacial score (nSPS) is 20.4. The number of hydrogen-bond donors (Lipinski definition) is 2. The molecule has 26 heavy (non-hydrogen) atoms. The monoisotopic (exact) mass is 380 g/mol. The lowest BCUT2D eigenvalue weighted by Crippen LogP contribution is -2.51. The molecule has 2 saturated heterocycles. The van der Waals surface area contributed by atoms with Crippen LogP contribution in [0.1, 0.15) is 11.6 Å². The lowest BCUT2D eigenvalue weighted by molar-refractivity contribution is -0.127. The number of halogens is 1. The molecule has 3 rings (SSSR count). The number of morpholine rings is 1. The van der Waals surface area contributed by atoms with Gasteiger partial charge in [0, 0.05) is 37.7 Å². The average Bonchev–Trinajstić information content (AvgIpc) is 2.64. The summed E-state index contributed by atoms with van der Waals surface area (Å²) in [5.74, 6) is -0.0941. The Bertz CT molecular complexity index is 619. The van der Waals surface area contributed by atoms with Crippen molar-refractivity contribution < 1.29 is 14.3 Å². The molecule has 0 aliphatic carbocycles. The van der Waals surface area contributed by atoms with Gasteiger partial charge < -0.3 is 15.4 Å². The Morgan fingerprint density at radius 2 is 1.96 bits per heavy atom. The number of ether oxygens (including phenoxy) is 1. The Morgan fingerprint density at radius 1 is 1.23 bits per heavy atom. The highest BCUT2D eigenvalue weighted by Crippen LogP contribution is 2.23. The summed E-state index contributed by atoms with van der Waals surface area (Å²) in [6.07, 6.45) is 0. The molecule has 0 radical (unpaired) electrons. The maximum Gasteiger partial charge on any atom is 0.234 e. The third-order valence-corrected chi connectivity index (χ3v) is 4.97. The summed E-state index contributed by atoms with van der Waals surface area (Å²) in [4.78, 5) is 28.0. The van der Waals surface area contributed by atoms with E-state index in [1.165, 1.54) is 0 Å². The standard InChI is InChI=1S/C18H25ClN4O3/c19-15-3-1-14(2-4-15)16(23-7-9-26-10-8-23)11-21-18(25)13-22-6-5-20-17(24)12-22/h1-4,16H,5-13H2,(H,20,24)(H,21,25)/t16-/m1/s1. The summed E-state index contributed by atoms with van der Waals surface area (Å²) >= 11 is 6.01. The van der Waals surface area contributed by atoms with Crippen LogP contribution in [0.2, 0.25) is 5.02 Å². The van der Waals surface area contributed by atoms with Crippen molar-refractivity contribution in [2.45, 2.75) is 6.04 Å². The minimum absolute atomic E-state index is 0.0311. The van der Waals surface area contributed by atoms with Gasteiger partial charge >= 0.3 is 0 Å². The van der Waals surface area contributed by atoms with Crippen molar-refractivity contribution in [1.29, 1.82) is 0 Å². The summed E-state index contributed by atoms with van der Waals surface area (Å²) in [5.41, 5.74) is 1.12. The minimum atomic E-state index is -0.0630. The summed E-state index contributed by atoms with van der Waals surface area (Å²) in [6.45, 7) is 5.37. The van der Waals surface area contributed by atoms with Crippen molar-refractivity contribution in [2.75, 3.05) is 59.0 Å². The fourth-order valence-corrected chi connectivity index (χ4v) is 3.45. The highest BCUT2D eigenvalue weighted by molar-refractivity contribution is 6.30. The van der Waals surface area contributed by atoms with Gasteiger partial charge in [-0.3, -0.25) is 19.4 Å². The predicted octanol–water partition coefficient (Wildman–Crippen LogP) is 0.261. The van der Waals surface area contributed by atoms with E-state index in [4.69, 9.17) is 16.3 Å². The maximum absolute atomic E-state index is 12.3. The average molecular weight is 381 g/mol. The van der Waals surface area contributed by atoms with Crippen LogP contribution < -0.4 is 10.6 Å². The zero-order chi connectivity index (χ0) is 18.4. The second-order valence-corrected chi connectivity index (χ2v) is 7.02. The quantitative estimate of drug-likeness (QED) is 0.740. The number of hydrogen-bond acceptors (Lipinski definition) is 5. The first kappa shape index (κ1) is 19.1. The van der Waals surface area contributed by atoms with Crippen LogP contribution in [-0.4, -0.2) is 80.6 Å². The second kappa shape index (κ2) is 9.32. The summed E-state index contributed by atoms with van der Waals surface area (Å²) in [6, 6.07) is 7.83. The third kappa shape index (κ3) is 5.41. The number of piperazine rings is 1. The fraction of sp³-hybridized carbons (Fsp3) is 0.556. The topological polar surface area (TPSA) is 73.9 Å². The number of nitrogens with one attached hydrogen (secondary N) is 2. The molecule has 0 bridgehead atoms. The van der Waals surface area contributed by atoms with Crippen LogP contribution in [0.5, 0.6) is 0 Å². The Kier molecular flexibility index (Phi) is 6.85. The molecule has 2 N–H and O–H groups in total. The van der Waals surface area contributed by atoms with Crippen LogP contribution in [0.4, 0.5) is 0 Å². The van der Waals surface area contributed by atoms with Crippen LogP contribution in [0.15, 0.2) is 24.3 Å². The van der Waals surface area contributed by atoms with E-state index in [9.17, 15) is 9.59 Å². The highest BCUT2D eigenvalue weighted by Gasteiger charge is 2.24. The molecule has 0 unspecified atom stereocenters. The lowest BCUT2D eigenvalue weighted by Gasteiger charge is -2.35. The molecule has 0 saturated carbocycles. The first-order valence-electron chi connectivity index (χ1n) is 8.95. The van der Waals surface area contributed by atoms with Crippen LogP contribution in [0.3, 0.4) is 0 Å². The molecular weight excluding hydrogens is 356 g/mol. The number of benzene rings is 1. The molecule has 2 heterocycles. The molecular formula is C18H25ClN4O3. The number of carbonyl (C=O) groups is 2. The van der Waals surface area contributed by atoms with Crippen molar-refractivity contribution in [3.63, 3.8) is 0 Å². The van der Waals surface area contributed by atoms with Crippen molar-refractivity contribution in [2.24, 2.45) is 0 Å². The molecule has 1 atom stereocenters. The zero-order valence-corrected chi connectivity index (χ0v) is 15.5. The number of rotatable bonds is 6. The Hall–Kier alpha value is -1.67. The molecule has 7 nitrogen and oxygen atoms in total. The predicted molar refractivity (Wildman–Crippen MR) is 99.0 cm³/mol. The first-order chi connectivity index (χ1) is 12.6. The Balaban J connectivity index is 1.58. The fourth-order valence-electron chi connectivity index (χ4n) is 3.33. The number of carbonyl (C=O) groups excluding carboxylic acids is 2. The highest BCUT2D eigenvalue weighted by atomic mass is 35.5. The largest absolute Gasteiger partial charge is 0.379 e. The number of amides is 2. The third-order valence-electron chi connectivity index (χ3n) is 4.72. The smallest absolute Gasteiger partial charge is 0.234 e. The summed E-state index contributed by atoms with van der Waals surface area (Å²) < 4.78 is 5.45. The maximum atomic E-state index is 12.3. The van der Waals surface area contributed by atoms with Crippen molar-refractivity contribution in [1.82, 2.24) is 20.4 Å². The molecule has 1 aromatic rings. The minimum Gasteiger partial charge on any atom is -0.379 e. The molecule has 8 heteroatoms. The SMILES string of the molecule is O=C1CN(CC(=O)NC[C@H](c2ccc(Cl)cc2)N2CCOCC2)CCN1. The van der Waals surface area contributed by atoms with Gasteiger partial charge in [-0.25, -0.2) is 0 Å². The Morgan fingerprint density at radius 3 is 2.65 bits per heavy atom. The molecule has 0 aromatic heterocycles. The van der Waals surface area contributed by atoms with Crippen LogP contribution in [0.25, 0.3) is 0 Å². The summed E-state index contributed by atoms with van der Waals surface area (Å²) in [7, 11) is 0. The molecule has 2 fully saturated rings. The van der Waals surface area contributed by atoms with Gasteiger partial charge in [-0.1, -0.05) is 23.7 Å². The molecule has 2 amide bonds. The van der Waals surface area contributed by atoms with E-state index in [2.05, 4.69) is 15.5 Å². The lowest BCUT2D eigenvalue weighted by atomic mass is 10.0. The van der Waals surface area contributed by atoms with Gasteiger partial charge in [0.15, 0.2) is 0 Å². The van der Waals surface area contributed by atoms with Gasteiger partial charge in [0.2, 0.25) is 11.8 Å². The molecule has 1 aromatic carbocycles. The van der Waals surface area contributed by atoms with E-state index < -0.39 is 0 Å². The molecule has 0 spiro atoms. The van der Waals surface area contributed by atoms with Gasteiger partial charge in [0.05, 0.1) is 32.3 Å². The van der Waals surface area contributed by atoms with Gasteiger partial charge in [0.1, 0.15) is 0 Å². The van der Waals surface area contributed by atoms with Gasteiger partial charge in [0.25, 0.3) is 0 Å². The molecule has 2 aliphatic rings. The van der Waals surface area contributed by atoms with E-state index in [1.54, 1.807) is 0 Å². The van der Waals surface area contributed by atoms with Crippen molar-refractivity contribution in [3.8, 4) is 0 Å². The van der Waals surface area contributed by atoms with Crippen LogP contribution >= 0.6 is 11.6 Å². The van der Waals surface area contributed by atoms with Gasteiger partial charge in [-0.05, 0) is 17.7 Å². The molecule has 2 aliphatic heterocycles. The van der Waals surface area contributed by atoms with E-state index in [0.29, 0.717) is 37.9 Å². The van der Waals surface area contributed by atoms with Crippen molar-refractivity contribution >= 4 is 23.4 Å². The first-order valence-corrected chi connectivity index (χ1v) is 9.32. The van der Waals surface area contributed by atoms with Crippen molar-refractivity contribution in [3.05, 3.63) is 34.9 Å².